The molecule has 59 heavy (non-hydrogen) atoms. The van der Waals surface area contributed by atoms with Crippen molar-refractivity contribution in [3.8, 4) is 22.5 Å². The molecule has 11 rings (SSSR count). The molecule has 4 unspecified atom stereocenters. The van der Waals surface area contributed by atoms with E-state index < -0.39 is 5.60 Å². The Labute approximate surface area is 367 Å². The molecular formula is C45H56Cl4N4O6. The highest BCUT2D eigenvalue weighted by molar-refractivity contribution is 6.39. The molecule has 4 aromatic rings. The normalized spacial score (nSPS) is 25.4. The summed E-state index contributed by atoms with van der Waals surface area (Å²) < 4.78 is 29.7. The first-order valence-electron chi connectivity index (χ1n) is 20.2. The molecule has 2 aromatic carbocycles. The maximum atomic E-state index is 12.4. The molecule has 3 aliphatic heterocycles. The molecule has 3 saturated heterocycles. The average Bonchev–Trinajstić information content (AvgIpc) is 4.12. The predicted octanol–water partition coefficient (Wildman–Crippen LogP) is 12.2. The van der Waals surface area contributed by atoms with Crippen molar-refractivity contribution < 1.29 is 28.1 Å². The third-order valence-corrected chi connectivity index (χ3v) is 13.5. The molecule has 320 valence electrons. The fourth-order valence-corrected chi connectivity index (χ4v) is 10.2. The van der Waals surface area contributed by atoms with Gasteiger partial charge in [-0.05, 0) is 95.4 Å². The molecule has 5 heterocycles. The highest BCUT2D eigenvalue weighted by Gasteiger charge is 2.50. The Balaban J connectivity index is 0.000000178. The SMILES string of the molecule is C.C.CC(C)(C)OC(=O)N1CC2CC(C1)C2OCc1c(-c2c(Cl)cccc2Cl)noc1C1CC1.Clc1cccc(Cl)c1-c1noc(C2CC2)c1COC1C2CNCC1C2. The molecular weight excluding hydrogens is 834 g/mol. The second kappa shape index (κ2) is 17.9. The molecule has 7 fully saturated rings. The topological polar surface area (TPSA) is 112 Å². The van der Waals surface area contributed by atoms with Crippen LogP contribution in [-0.4, -0.2) is 65.3 Å². The largest absolute Gasteiger partial charge is 0.444 e. The number of carbonyl (C=O) groups excluding carboxylic acids is 1. The van der Waals surface area contributed by atoms with Crippen LogP contribution in [0.15, 0.2) is 45.4 Å². The summed E-state index contributed by atoms with van der Waals surface area (Å²) >= 11 is 25.7. The van der Waals surface area contributed by atoms with Crippen LogP contribution in [0, 0.1) is 23.7 Å². The van der Waals surface area contributed by atoms with Crippen LogP contribution in [-0.2, 0) is 27.4 Å². The third kappa shape index (κ3) is 9.20. The van der Waals surface area contributed by atoms with Crippen LogP contribution in [0.5, 0.6) is 0 Å². The predicted molar refractivity (Wildman–Crippen MR) is 232 cm³/mol. The molecule has 0 spiro atoms. The summed E-state index contributed by atoms with van der Waals surface area (Å²) in [4.78, 5) is 14.3. The Morgan fingerprint density at radius 2 is 1.12 bits per heavy atom. The Kier molecular flexibility index (Phi) is 13.4. The maximum absolute atomic E-state index is 12.4. The Hall–Kier alpha value is -2.83. The number of aromatic nitrogens is 2. The number of ether oxygens (including phenoxy) is 3. The molecule has 1 amide bonds. The number of hydrogen-bond acceptors (Lipinski definition) is 9. The highest BCUT2D eigenvalue weighted by Crippen LogP contribution is 2.49. The fraction of sp³-hybridized carbons (Fsp3) is 0.578. The standard InChI is InChI=1S/C24H28Cl2N2O4.C19H20Cl2N2O2.2CH4/c1-24(2,3)31-23(29)28-10-14-9-15(11-28)21(14)30-12-16-20(27-32-22(16)13-7-8-13)19-17(25)5-4-6-18(19)26;20-14-2-1-3-15(21)16(14)17-13(19(25-23-17)10-4-5-10)9-24-18-11-6-12(18)8-22-7-11;;/h4-6,13-15,21H,7-12H2,1-3H3;1-3,10-12,18,22H,4-9H2;2*1H4. The zero-order valence-corrected chi connectivity index (χ0v) is 35.4. The van der Waals surface area contributed by atoms with Crippen molar-refractivity contribution in [1.29, 1.82) is 0 Å². The summed E-state index contributed by atoms with van der Waals surface area (Å²) in [6, 6.07) is 10.9. The summed E-state index contributed by atoms with van der Waals surface area (Å²) in [5.74, 6) is 4.59. The summed E-state index contributed by atoms with van der Waals surface area (Å²) in [6.45, 7) is 10.0. The molecule has 4 saturated carbocycles. The van der Waals surface area contributed by atoms with Gasteiger partial charge in [-0.3, -0.25) is 0 Å². The number of carbonyl (C=O) groups is 1. The zero-order valence-electron chi connectivity index (χ0n) is 32.4. The van der Waals surface area contributed by atoms with Gasteiger partial charge in [-0.15, -0.1) is 0 Å². The van der Waals surface area contributed by atoms with Crippen LogP contribution in [0.1, 0.15) is 109 Å². The van der Waals surface area contributed by atoms with Crippen molar-refractivity contribution in [3.63, 3.8) is 0 Å². The lowest BCUT2D eigenvalue weighted by atomic mass is 9.68. The van der Waals surface area contributed by atoms with Gasteiger partial charge in [-0.2, -0.15) is 0 Å². The van der Waals surface area contributed by atoms with Gasteiger partial charge < -0.3 is 33.5 Å². The van der Waals surface area contributed by atoms with Crippen molar-refractivity contribution in [1.82, 2.24) is 20.5 Å². The zero-order chi connectivity index (χ0) is 39.6. The van der Waals surface area contributed by atoms with Crippen LogP contribution < -0.4 is 5.32 Å². The highest BCUT2D eigenvalue weighted by atomic mass is 35.5. The second-order valence-electron chi connectivity index (χ2n) is 17.6. The number of fused-ring (bicyclic) bond motifs is 4. The minimum atomic E-state index is -0.488. The first kappa shape index (κ1) is 44.2. The quantitative estimate of drug-likeness (QED) is 0.166. The summed E-state index contributed by atoms with van der Waals surface area (Å²) in [5, 5.41) is 14.4. The van der Waals surface area contributed by atoms with E-state index in [9.17, 15) is 4.79 Å². The lowest BCUT2D eigenvalue weighted by molar-refractivity contribution is -0.146. The van der Waals surface area contributed by atoms with Gasteiger partial charge in [-0.1, -0.05) is 83.7 Å². The third-order valence-electron chi connectivity index (χ3n) is 12.2. The smallest absolute Gasteiger partial charge is 0.410 e. The minimum Gasteiger partial charge on any atom is -0.444 e. The number of nitrogens with zero attached hydrogens (tertiary/aromatic N) is 3. The van der Waals surface area contributed by atoms with E-state index in [1.165, 1.54) is 6.42 Å². The first-order chi connectivity index (χ1) is 27.4. The van der Waals surface area contributed by atoms with Crippen molar-refractivity contribution in [2.45, 2.75) is 117 Å². The van der Waals surface area contributed by atoms with Crippen LogP contribution >= 0.6 is 46.4 Å². The summed E-state index contributed by atoms with van der Waals surface area (Å²) in [7, 11) is 0. The number of hydrogen-bond donors (Lipinski definition) is 1. The number of piperidine rings is 4. The number of rotatable bonds is 10. The molecule has 7 aliphatic rings. The van der Waals surface area contributed by atoms with Crippen molar-refractivity contribution in [2.75, 3.05) is 26.2 Å². The number of benzene rings is 2. The fourth-order valence-electron chi connectivity index (χ4n) is 9.02. The summed E-state index contributed by atoms with van der Waals surface area (Å²) in [5.41, 5.74) is 4.32. The van der Waals surface area contributed by atoms with Crippen LogP contribution in [0.3, 0.4) is 0 Å². The van der Waals surface area contributed by atoms with Gasteiger partial charge in [0.25, 0.3) is 0 Å². The van der Waals surface area contributed by atoms with Gasteiger partial charge in [0.15, 0.2) is 0 Å². The number of halogens is 4. The van der Waals surface area contributed by atoms with E-state index in [-0.39, 0.29) is 27.1 Å². The summed E-state index contributed by atoms with van der Waals surface area (Å²) in [6.07, 6.45) is 7.06. The van der Waals surface area contributed by atoms with Crippen LogP contribution in [0.2, 0.25) is 20.1 Å². The monoisotopic (exact) mass is 888 g/mol. The molecule has 10 nitrogen and oxygen atoms in total. The van der Waals surface area contributed by atoms with E-state index >= 15 is 0 Å². The van der Waals surface area contributed by atoms with Gasteiger partial charge in [-0.25, -0.2) is 4.79 Å². The van der Waals surface area contributed by atoms with E-state index in [4.69, 9.17) is 69.7 Å². The molecule has 0 radical (unpaired) electrons. The molecule has 1 N–H and O–H groups in total. The van der Waals surface area contributed by atoms with E-state index in [1.807, 2.05) is 49.9 Å². The van der Waals surface area contributed by atoms with E-state index in [0.29, 0.717) is 99.3 Å². The Morgan fingerprint density at radius 1 is 0.712 bits per heavy atom. The number of nitrogens with one attached hydrogen (secondary N) is 1. The van der Waals surface area contributed by atoms with E-state index in [1.54, 1.807) is 12.1 Å². The Bertz CT molecular complexity index is 2060. The maximum Gasteiger partial charge on any atom is 0.410 e. The van der Waals surface area contributed by atoms with Gasteiger partial charge in [0.05, 0.1) is 45.5 Å². The van der Waals surface area contributed by atoms with Crippen LogP contribution in [0.25, 0.3) is 22.5 Å². The van der Waals surface area contributed by atoms with E-state index in [0.717, 1.165) is 79.1 Å². The lowest BCUT2D eigenvalue weighted by Gasteiger charge is -2.52. The Morgan fingerprint density at radius 3 is 1.51 bits per heavy atom. The molecule has 4 atom stereocenters. The van der Waals surface area contributed by atoms with E-state index in [2.05, 4.69) is 15.6 Å². The van der Waals surface area contributed by atoms with Gasteiger partial charge in [0, 0.05) is 72.1 Å². The molecule has 14 heteroatoms. The molecule has 2 aromatic heterocycles. The molecule has 4 aliphatic carbocycles. The van der Waals surface area contributed by atoms with Crippen molar-refractivity contribution in [3.05, 3.63) is 79.1 Å². The average molecular weight is 891 g/mol. The molecule has 4 bridgehead atoms. The van der Waals surface area contributed by atoms with Gasteiger partial charge in [0.1, 0.15) is 28.5 Å². The number of amides is 1. The van der Waals surface area contributed by atoms with Crippen molar-refractivity contribution >= 4 is 52.5 Å². The minimum absolute atomic E-state index is 0. The second-order valence-corrected chi connectivity index (χ2v) is 19.2. The van der Waals surface area contributed by atoms with Crippen molar-refractivity contribution in [2.24, 2.45) is 23.7 Å². The van der Waals surface area contributed by atoms with Crippen LogP contribution in [0.4, 0.5) is 4.79 Å². The first-order valence-corrected chi connectivity index (χ1v) is 21.7. The van der Waals surface area contributed by atoms with Gasteiger partial charge >= 0.3 is 6.09 Å². The lowest BCUT2D eigenvalue weighted by Crippen LogP contribution is -2.60. The van der Waals surface area contributed by atoms with Gasteiger partial charge in [0.2, 0.25) is 0 Å².